The second-order valence-electron chi connectivity index (χ2n) is 8.48. The number of hydrogen-bond donors (Lipinski definition) is 0. The van der Waals surface area contributed by atoms with Gasteiger partial charge in [0, 0.05) is 38.4 Å². The van der Waals surface area contributed by atoms with Gasteiger partial charge in [0.25, 0.3) is 17.4 Å². The smallest absolute Gasteiger partial charge is 0.284 e. The van der Waals surface area contributed by atoms with E-state index < -0.39 is 5.91 Å². The summed E-state index contributed by atoms with van der Waals surface area (Å²) in [6.45, 7) is 1.37. The molecule has 2 aromatic heterocycles. The van der Waals surface area contributed by atoms with Crippen molar-refractivity contribution in [2.45, 2.75) is 31.7 Å². The first-order valence-electron chi connectivity index (χ1n) is 11.2. The Morgan fingerprint density at radius 1 is 0.909 bits per heavy atom. The molecule has 0 bridgehead atoms. The van der Waals surface area contributed by atoms with Crippen molar-refractivity contribution >= 4 is 34.6 Å². The van der Waals surface area contributed by atoms with Crippen LogP contribution in [-0.4, -0.2) is 62.3 Å². The Kier molecular flexibility index (Phi) is 5.85. The fourth-order valence-electron chi connectivity index (χ4n) is 4.75. The van der Waals surface area contributed by atoms with Crippen molar-refractivity contribution in [3.63, 3.8) is 0 Å². The van der Waals surface area contributed by atoms with Crippen LogP contribution in [0.5, 0.6) is 0 Å². The maximum Gasteiger partial charge on any atom is 0.284 e. The summed E-state index contributed by atoms with van der Waals surface area (Å²) in [5, 5.41) is 0.405. The minimum absolute atomic E-state index is 0.0366. The molecule has 3 aromatic rings. The van der Waals surface area contributed by atoms with E-state index >= 15 is 0 Å². The normalized spacial score (nSPS) is 17.0. The molecule has 2 fully saturated rings. The Hall–Kier alpha value is -3.26. The monoisotopic (exact) mass is 465 g/mol. The van der Waals surface area contributed by atoms with E-state index in [4.69, 9.17) is 11.6 Å². The highest BCUT2D eigenvalue weighted by molar-refractivity contribution is 6.33. The van der Waals surface area contributed by atoms with E-state index in [0.29, 0.717) is 47.9 Å². The highest BCUT2D eigenvalue weighted by Crippen LogP contribution is 2.30. The molecule has 9 heteroatoms. The molecule has 1 aliphatic heterocycles. The van der Waals surface area contributed by atoms with Gasteiger partial charge in [-0.25, -0.2) is 9.97 Å². The van der Waals surface area contributed by atoms with Gasteiger partial charge in [-0.3, -0.25) is 19.0 Å². The van der Waals surface area contributed by atoms with Gasteiger partial charge in [-0.2, -0.15) is 0 Å². The SMILES string of the molecule is O=C(c1ccccc1Cl)N1CCN(C(=O)c2nc3cccnc3n(C3CCCC3)c2=O)CC1. The van der Waals surface area contributed by atoms with Gasteiger partial charge in [-0.05, 0) is 37.1 Å². The van der Waals surface area contributed by atoms with Gasteiger partial charge in [0.15, 0.2) is 11.3 Å². The third-order valence-corrected chi connectivity index (χ3v) is 6.83. The molecule has 33 heavy (non-hydrogen) atoms. The Bertz CT molecular complexity index is 1280. The minimum Gasteiger partial charge on any atom is -0.335 e. The lowest BCUT2D eigenvalue weighted by molar-refractivity contribution is 0.0531. The lowest BCUT2D eigenvalue weighted by Gasteiger charge is -2.34. The van der Waals surface area contributed by atoms with Gasteiger partial charge < -0.3 is 9.80 Å². The average Bonchev–Trinajstić information content (AvgIpc) is 3.38. The van der Waals surface area contributed by atoms with Gasteiger partial charge in [-0.15, -0.1) is 0 Å². The van der Waals surface area contributed by atoms with Gasteiger partial charge in [0.1, 0.15) is 5.52 Å². The van der Waals surface area contributed by atoms with Crippen LogP contribution in [0.15, 0.2) is 47.4 Å². The Morgan fingerprint density at radius 3 is 2.27 bits per heavy atom. The molecule has 1 saturated carbocycles. The molecular formula is C24H24ClN5O3. The van der Waals surface area contributed by atoms with Crippen molar-refractivity contribution in [1.82, 2.24) is 24.3 Å². The van der Waals surface area contributed by atoms with Crippen LogP contribution in [-0.2, 0) is 0 Å². The standard InChI is InChI=1S/C24H24ClN5O3/c25-18-9-4-3-8-17(18)22(31)28-12-14-29(15-13-28)23(32)20-24(33)30(16-6-1-2-7-16)21-19(27-20)10-5-11-26-21/h3-5,8-11,16H,1-2,6-7,12-15H2. The van der Waals surface area contributed by atoms with Gasteiger partial charge in [0.2, 0.25) is 0 Å². The van der Waals surface area contributed by atoms with Crippen LogP contribution < -0.4 is 5.56 Å². The molecular weight excluding hydrogens is 442 g/mol. The van der Waals surface area contributed by atoms with Crippen LogP contribution in [0, 0.1) is 0 Å². The van der Waals surface area contributed by atoms with Gasteiger partial charge >= 0.3 is 0 Å². The number of fused-ring (bicyclic) bond motifs is 1. The summed E-state index contributed by atoms with van der Waals surface area (Å²) in [4.78, 5) is 51.6. The molecule has 0 atom stereocenters. The van der Waals surface area contributed by atoms with Crippen molar-refractivity contribution in [1.29, 1.82) is 0 Å². The van der Waals surface area contributed by atoms with E-state index in [1.807, 2.05) is 0 Å². The maximum atomic E-state index is 13.4. The third kappa shape index (κ3) is 3.99. The topological polar surface area (TPSA) is 88.4 Å². The van der Waals surface area contributed by atoms with Crippen LogP contribution in [0.3, 0.4) is 0 Å². The van der Waals surface area contributed by atoms with Crippen molar-refractivity contribution in [3.05, 3.63) is 69.2 Å². The van der Waals surface area contributed by atoms with E-state index in [9.17, 15) is 14.4 Å². The summed E-state index contributed by atoms with van der Waals surface area (Å²) in [5.74, 6) is -0.562. The maximum absolute atomic E-state index is 13.4. The van der Waals surface area contributed by atoms with E-state index in [1.165, 1.54) is 0 Å². The number of benzene rings is 1. The third-order valence-electron chi connectivity index (χ3n) is 6.50. The van der Waals surface area contributed by atoms with E-state index in [-0.39, 0.29) is 23.2 Å². The zero-order chi connectivity index (χ0) is 22.9. The largest absolute Gasteiger partial charge is 0.335 e. The molecule has 0 unspecified atom stereocenters. The second-order valence-corrected chi connectivity index (χ2v) is 8.89. The molecule has 1 saturated heterocycles. The highest BCUT2D eigenvalue weighted by atomic mass is 35.5. The summed E-state index contributed by atoms with van der Waals surface area (Å²) < 4.78 is 1.67. The Balaban J connectivity index is 1.39. The number of carbonyl (C=O) groups excluding carboxylic acids is 2. The molecule has 0 radical (unpaired) electrons. The van der Waals surface area contributed by atoms with Crippen molar-refractivity contribution in [2.75, 3.05) is 26.2 Å². The summed E-state index contributed by atoms with van der Waals surface area (Å²) in [6, 6.07) is 10.5. The predicted octanol–water partition coefficient (Wildman–Crippen LogP) is 3.16. The van der Waals surface area contributed by atoms with E-state index in [1.54, 1.807) is 57.0 Å². The molecule has 1 aliphatic carbocycles. The van der Waals surface area contributed by atoms with Crippen molar-refractivity contribution in [3.8, 4) is 0 Å². The summed E-state index contributed by atoms with van der Waals surface area (Å²) in [7, 11) is 0. The number of piperazine rings is 1. The summed E-state index contributed by atoms with van der Waals surface area (Å²) in [5.41, 5.74) is 1.06. The number of hydrogen-bond acceptors (Lipinski definition) is 5. The summed E-state index contributed by atoms with van der Waals surface area (Å²) in [6.07, 6.45) is 5.54. The van der Waals surface area contributed by atoms with Gasteiger partial charge in [-0.1, -0.05) is 36.6 Å². The van der Waals surface area contributed by atoms with Crippen molar-refractivity contribution < 1.29 is 9.59 Å². The second kappa shape index (κ2) is 8.94. The molecule has 170 valence electrons. The number of carbonyl (C=O) groups is 2. The molecule has 0 spiro atoms. The minimum atomic E-state index is -0.401. The van der Waals surface area contributed by atoms with Crippen LogP contribution in [0.25, 0.3) is 11.2 Å². The number of amides is 2. The molecule has 5 rings (SSSR count). The van der Waals surface area contributed by atoms with E-state index in [2.05, 4.69) is 9.97 Å². The fraction of sp³-hybridized carbons (Fsp3) is 0.375. The number of pyridine rings is 1. The van der Waals surface area contributed by atoms with Crippen LogP contribution in [0.1, 0.15) is 52.6 Å². The summed E-state index contributed by atoms with van der Waals surface area (Å²) >= 11 is 6.17. The highest BCUT2D eigenvalue weighted by Gasteiger charge is 2.30. The Labute approximate surface area is 195 Å². The number of halogens is 1. The molecule has 8 nitrogen and oxygen atoms in total. The molecule has 3 heterocycles. The van der Waals surface area contributed by atoms with E-state index in [0.717, 1.165) is 25.7 Å². The quantitative estimate of drug-likeness (QED) is 0.592. The number of rotatable bonds is 3. The van der Waals surface area contributed by atoms with Crippen LogP contribution >= 0.6 is 11.6 Å². The molecule has 2 aliphatic rings. The number of aromatic nitrogens is 3. The molecule has 1 aromatic carbocycles. The van der Waals surface area contributed by atoms with Crippen LogP contribution in [0.2, 0.25) is 5.02 Å². The van der Waals surface area contributed by atoms with Crippen molar-refractivity contribution in [2.24, 2.45) is 0 Å². The zero-order valence-corrected chi connectivity index (χ0v) is 18.9. The fourth-order valence-corrected chi connectivity index (χ4v) is 4.96. The first-order chi connectivity index (χ1) is 16.0. The lowest BCUT2D eigenvalue weighted by atomic mass is 10.1. The molecule has 0 N–H and O–H groups in total. The average molecular weight is 466 g/mol. The van der Waals surface area contributed by atoms with Gasteiger partial charge in [0.05, 0.1) is 10.6 Å². The first-order valence-corrected chi connectivity index (χ1v) is 11.6. The van der Waals surface area contributed by atoms with Crippen LogP contribution in [0.4, 0.5) is 0 Å². The predicted molar refractivity (Wildman–Crippen MR) is 125 cm³/mol. The Morgan fingerprint density at radius 2 is 1.58 bits per heavy atom. The zero-order valence-electron chi connectivity index (χ0n) is 18.1. The molecule has 2 amide bonds. The number of nitrogens with zero attached hydrogens (tertiary/aromatic N) is 5. The lowest BCUT2D eigenvalue weighted by Crippen LogP contribution is -2.51. The first kappa shape index (κ1) is 21.6.